The summed E-state index contributed by atoms with van der Waals surface area (Å²) in [4.78, 5) is 19.8. The van der Waals surface area contributed by atoms with Crippen molar-refractivity contribution in [3.8, 4) is 0 Å². The van der Waals surface area contributed by atoms with Gasteiger partial charge in [-0.2, -0.15) is 0 Å². The number of halogens is 1. The van der Waals surface area contributed by atoms with E-state index in [1.54, 1.807) is 29.7 Å². The van der Waals surface area contributed by atoms with Crippen molar-refractivity contribution in [2.75, 3.05) is 6.54 Å². The number of thiophene rings is 1. The van der Waals surface area contributed by atoms with Crippen LogP contribution in [-0.4, -0.2) is 22.3 Å². The number of pyridine rings is 1. The minimum atomic E-state index is 0.0218. The lowest BCUT2D eigenvalue weighted by molar-refractivity contribution is 0.0679. The van der Waals surface area contributed by atoms with Crippen LogP contribution >= 0.6 is 22.9 Å². The lowest BCUT2D eigenvalue weighted by atomic mass is 10.0. The van der Waals surface area contributed by atoms with Crippen molar-refractivity contribution in [2.45, 2.75) is 19.4 Å². The number of aromatic nitrogens is 1. The van der Waals surface area contributed by atoms with Gasteiger partial charge in [0.2, 0.25) is 0 Å². The Kier molecular flexibility index (Phi) is 3.29. The van der Waals surface area contributed by atoms with Gasteiger partial charge >= 0.3 is 0 Å². The molecule has 0 radical (unpaired) electrons. The molecule has 0 unspecified atom stereocenters. The number of fused-ring (bicyclic) bond motifs is 1. The van der Waals surface area contributed by atoms with Gasteiger partial charge in [-0.15, -0.1) is 11.3 Å². The van der Waals surface area contributed by atoms with E-state index in [1.165, 1.54) is 10.4 Å². The normalized spacial score (nSPS) is 18.2. The predicted molar refractivity (Wildman–Crippen MR) is 76.7 cm³/mol. The van der Waals surface area contributed by atoms with Gasteiger partial charge in [-0.25, -0.2) is 4.98 Å². The van der Waals surface area contributed by atoms with E-state index < -0.39 is 0 Å². The molecule has 0 saturated heterocycles. The summed E-state index contributed by atoms with van der Waals surface area (Å²) in [6, 6.07) is 5.62. The molecule has 1 aliphatic heterocycles. The second-order valence-electron chi connectivity index (χ2n) is 4.59. The Hall–Kier alpha value is -1.39. The maximum atomic E-state index is 12.5. The number of amides is 1. The Morgan fingerprint density at radius 1 is 1.47 bits per heavy atom. The Balaban J connectivity index is 1.87. The summed E-state index contributed by atoms with van der Waals surface area (Å²) < 4.78 is 0. The Labute approximate surface area is 120 Å². The molecule has 0 fully saturated rings. The third-order valence-electron chi connectivity index (χ3n) is 3.51. The fourth-order valence-electron chi connectivity index (χ4n) is 2.46. The number of nitrogens with zero attached hydrogens (tertiary/aromatic N) is 2. The van der Waals surface area contributed by atoms with Gasteiger partial charge in [-0.05, 0) is 42.5 Å². The van der Waals surface area contributed by atoms with Crippen molar-refractivity contribution in [2.24, 2.45) is 0 Å². The number of hydrogen-bond acceptors (Lipinski definition) is 3. The average Bonchev–Trinajstić information content (AvgIpc) is 2.88. The topological polar surface area (TPSA) is 33.2 Å². The van der Waals surface area contributed by atoms with Crippen LogP contribution in [-0.2, 0) is 6.42 Å². The SMILES string of the molecule is C[C@H]1c2ccsc2CCN1C(=O)c1ccc(Cl)nc1. The van der Waals surface area contributed by atoms with Crippen LogP contribution in [0, 0.1) is 0 Å². The van der Waals surface area contributed by atoms with E-state index in [0.29, 0.717) is 10.7 Å². The molecule has 5 heteroatoms. The molecule has 0 saturated carbocycles. The maximum Gasteiger partial charge on any atom is 0.255 e. The highest BCUT2D eigenvalue weighted by atomic mass is 35.5. The van der Waals surface area contributed by atoms with Gasteiger partial charge in [-0.1, -0.05) is 11.6 Å². The first-order valence-corrected chi connectivity index (χ1v) is 7.41. The molecule has 0 bridgehead atoms. The van der Waals surface area contributed by atoms with Crippen molar-refractivity contribution in [1.82, 2.24) is 9.88 Å². The highest BCUT2D eigenvalue weighted by Crippen LogP contribution is 2.33. The zero-order valence-corrected chi connectivity index (χ0v) is 12.0. The molecule has 19 heavy (non-hydrogen) atoms. The van der Waals surface area contributed by atoms with Gasteiger partial charge in [0.05, 0.1) is 11.6 Å². The summed E-state index contributed by atoms with van der Waals surface area (Å²) in [6.07, 6.45) is 2.48. The monoisotopic (exact) mass is 292 g/mol. The van der Waals surface area contributed by atoms with Gasteiger partial charge in [0.25, 0.3) is 5.91 Å². The average molecular weight is 293 g/mol. The molecule has 2 aromatic heterocycles. The Morgan fingerprint density at radius 2 is 2.32 bits per heavy atom. The Morgan fingerprint density at radius 3 is 3.05 bits per heavy atom. The number of carbonyl (C=O) groups is 1. The molecule has 2 aromatic rings. The number of rotatable bonds is 1. The summed E-state index contributed by atoms with van der Waals surface area (Å²) in [5.41, 5.74) is 1.86. The van der Waals surface area contributed by atoms with Crippen LogP contribution in [0.25, 0.3) is 0 Å². The summed E-state index contributed by atoms with van der Waals surface area (Å²) in [7, 11) is 0. The van der Waals surface area contributed by atoms with E-state index in [2.05, 4.69) is 23.4 Å². The van der Waals surface area contributed by atoms with Crippen LogP contribution in [0.15, 0.2) is 29.8 Å². The predicted octanol–water partition coefficient (Wildman–Crippen LogP) is 3.56. The summed E-state index contributed by atoms with van der Waals surface area (Å²) in [5.74, 6) is 0.0218. The molecule has 0 aromatic carbocycles. The second kappa shape index (κ2) is 4.94. The quantitative estimate of drug-likeness (QED) is 0.753. The van der Waals surface area contributed by atoms with Crippen molar-refractivity contribution in [3.05, 3.63) is 50.9 Å². The van der Waals surface area contributed by atoms with E-state index in [1.807, 2.05) is 4.90 Å². The zero-order chi connectivity index (χ0) is 13.4. The van der Waals surface area contributed by atoms with Crippen LogP contribution in [0.4, 0.5) is 0 Å². The molecule has 0 aliphatic carbocycles. The molecular weight excluding hydrogens is 280 g/mol. The molecule has 1 amide bonds. The minimum absolute atomic E-state index is 0.0218. The summed E-state index contributed by atoms with van der Waals surface area (Å²) in [6.45, 7) is 2.84. The van der Waals surface area contributed by atoms with E-state index in [4.69, 9.17) is 11.6 Å². The van der Waals surface area contributed by atoms with Gasteiger partial charge in [0.15, 0.2) is 0 Å². The van der Waals surface area contributed by atoms with Crippen LogP contribution in [0.5, 0.6) is 0 Å². The third-order valence-corrected chi connectivity index (χ3v) is 4.73. The molecule has 1 aliphatic rings. The fourth-order valence-corrected chi connectivity index (χ4v) is 3.53. The van der Waals surface area contributed by atoms with Gasteiger partial charge in [0, 0.05) is 17.6 Å². The third kappa shape index (κ3) is 2.26. The molecule has 3 heterocycles. The van der Waals surface area contributed by atoms with Crippen LogP contribution < -0.4 is 0 Å². The van der Waals surface area contributed by atoms with Gasteiger partial charge in [0.1, 0.15) is 5.15 Å². The molecule has 0 N–H and O–H groups in total. The van der Waals surface area contributed by atoms with Crippen LogP contribution in [0.3, 0.4) is 0 Å². The standard InChI is InChI=1S/C14H13ClN2OS/c1-9-11-5-7-19-12(11)4-6-17(9)14(18)10-2-3-13(15)16-8-10/h2-3,5,7-9H,4,6H2,1H3/t9-/m0/s1. The Bertz CT molecular complexity index is 608. The zero-order valence-electron chi connectivity index (χ0n) is 10.5. The highest BCUT2D eigenvalue weighted by Gasteiger charge is 2.28. The lowest BCUT2D eigenvalue weighted by Gasteiger charge is -2.33. The first kappa shape index (κ1) is 12.6. The highest BCUT2D eigenvalue weighted by molar-refractivity contribution is 7.10. The second-order valence-corrected chi connectivity index (χ2v) is 5.98. The maximum absolute atomic E-state index is 12.5. The van der Waals surface area contributed by atoms with Crippen LogP contribution in [0.1, 0.15) is 33.8 Å². The summed E-state index contributed by atoms with van der Waals surface area (Å²) in [5, 5.41) is 2.50. The first-order chi connectivity index (χ1) is 9.16. The van der Waals surface area contributed by atoms with Gasteiger partial charge < -0.3 is 4.90 Å². The van der Waals surface area contributed by atoms with E-state index in [0.717, 1.165) is 13.0 Å². The summed E-state index contributed by atoms with van der Waals surface area (Å²) >= 11 is 7.52. The van der Waals surface area contributed by atoms with Crippen molar-refractivity contribution >= 4 is 28.8 Å². The fraction of sp³-hybridized carbons (Fsp3) is 0.286. The number of carbonyl (C=O) groups excluding carboxylic acids is 1. The number of hydrogen-bond donors (Lipinski definition) is 0. The van der Waals surface area contributed by atoms with E-state index in [9.17, 15) is 4.79 Å². The lowest BCUT2D eigenvalue weighted by Crippen LogP contribution is -2.38. The molecule has 1 atom stereocenters. The van der Waals surface area contributed by atoms with Crippen molar-refractivity contribution in [3.63, 3.8) is 0 Å². The molecule has 98 valence electrons. The molecular formula is C14H13ClN2OS. The van der Waals surface area contributed by atoms with E-state index >= 15 is 0 Å². The van der Waals surface area contributed by atoms with Crippen molar-refractivity contribution < 1.29 is 4.79 Å². The van der Waals surface area contributed by atoms with Crippen molar-refractivity contribution in [1.29, 1.82) is 0 Å². The molecule has 3 nitrogen and oxygen atoms in total. The smallest absolute Gasteiger partial charge is 0.255 e. The van der Waals surface area contributed by atoms with E-state index in [-0.39, 0.29) is 11.9 Å². The molecule has 0 spiro atoms. The minimum Gasteiger partial charge on any atom is -0.331 e. The molecule has 3 rings (SSSR count). The van der Waals surface area contributed by atoms with Gasteiger partial charge in [-0.3, -0.25) is 4.79 Å². The van der Waals surface area contributed by atoms with Crippen LogP contribution in [0.2, 0.25) is 5.15 Å². The first-order valence-electron chi connectivity index (χ1n) is 6.15. The largest absolute Gasteiger partial charge is 0.331 e.